The predicted molar refractivity (Wildman–Crippen MR) is 280 cm³/mol. The Morgan fingerprint density at radius 2 is 0.787 bits per heavy atom. The van der Waals surface area contributed by atoms with Gasteiger partial charge >= 0.3 is 0 Å². The van der Waals surface area contributed by atoms with E-state index < -0.39 is 0 Å². The SMILES string of the molecule is C.C.CC.CC.CC.CC.CC(C)c1[nH]nc2ccccc12.Cc1[nH]c(C(C)C)c2ccccc12.Cc1[nH]c2ccccc2c1C(C)C.Cc1c(C(C)C)[nH]c2ccccc12. The van der Waals surface area contributed by atoms with Gasteiger partial charge in [-0.05, 0) is 73.8 Å². The molecular formula is C56H89N5. The fraction of sp³-hybridized carbons (Fsp3) is 0.446. The first-order valence-electron chi connectivity index (χ1n) is 22.5. The van der Waals surface area contributed by atoms with Crippen LogP contribution in [-0.4, -0.2) is 25.1 Å². The molecule has 5 heteroatoms. The normalized spacial score (nSPS) is 9.89. The summed E-state index contributed by atoms with van der Waals surface area (Å²) in [7, 11) is 0. The van der Waals surface area contributed by atoms with Gasteiger partial charge in [-0.1, -0.05) is 204 Å². The Kier molecular flexibility index (Phi) is 28.6. The van der Waals surface area contributed by atoms with Crippen LogP contribution in [0.4, 0.5) is 0 Å². The molecule has 0 amide bonds. The predicted octanol–water partition coefficient (Wildman–Crippen LogP) is 18.9. The molecule has 0 saturated carbocycles. The smallest absolute Gasteiger partial charge is 0.0923 e. The van der Waals surface area contributed by atoms with Crippen molar-refractivity contribution in [2.24, 2.45) is 0 Å². The van der Waals surface area contributed by atoms with E-state index in [2.05, 4.69) is 180 Å². The summed E-state index contributed by atoms with van der Waals surface area (Å²) < 4.78 is 0. The molecule has 4 N–H and O–H groups in total. The number of aromatic amines is 4. The second-order valence-electron chi connectivity index (χ2n) is 14.9. The second-order valence-corrected chi connectivity index (χ2v) is 14.9. The minimum absolute atomic E-state index is 0. The van der Waals surface area contributed by atoms with Crippen LogP contribution in [-0.2, 0) is 0 Å². The lowest BCUT2D eigenvalue weighted by molar-refractivity contribution is 0.818. The monoisotopic (exact) mass is 832 g/mol. The minimum atomic E-state index is 0. The molecule has 338 valence electrons. The van der Waals surface area contributed by atoms with Crippen molar-refractivity contribution in [3.05, 3.63) is 137 Å². The molecule has 4 heterocycles. The van der Waals surface area contributed by atoms with Crippen molar-refractivity contribution in [2.75, 3.05) is 0 Å². The van der Waals surface area contributed by atoms with E-state index >= 15 is 0 Å². The first kappa shape index (κ1) is 58.1. The third-order valence-electron chi connectivity index (χ3n) is 9.69. The number of para-hydroxylation sites is 3. The van der Waals surface area contributed by atoms with Crippen molar-refractivity contribution in [1.82, 2.24) is 25.1 Å². The summed E-state index contributed by atoms with van der Waals surface area (Å²) in [6.07, 6.45) is 0. The number of H-pyrrole nitrogens is 4. The Labute approximate surface area is 374 Å². The molecule has 8 rings (SSSR count). The number of aryl methyl sites for hydroxylation is 3. The Morgan fingerprint density at radius 1 is 0.377 bits per heavy atom. The minimum Gasteiger partial charge on any atom is -0.361 e. The van der Waals surface area contributed by atoms with Crippen molar-refractivity contribution in [2.45, 2.75) is 170 Å². The molecule has 4 aromatic carbocycles. The van der Waals surface area contributed by atoms with Gasteiger partial charge in [-0.3, -0.25) is 5.10 Å². The van der Waals surface area contributed by atoms with E-state index in [-0.39, 0.29) is 14.9 Å². The molecule has 0 bridgehead atoms. The van der Waals surface area contributed by atoms with E-state index in [1.54, 1.807) is 0 Å². The maximum atomic E-state index is 4.21. The van der Waals surface area contributed by atoms with Crippen LogP contribution >= 0.6 is 0 Å². The highest BCUT2D eigenvalue weighted by Crippen LogP contribution is 2.29. The third-order valence-corrected chi connectivity index (χ3v) is 9.69. The van der Waals surface area contributed by atoms with Crippen molar-refractivity contribution in [1.29, 1.82) is 0 Å². The average molecular weight is 832 g/mol. The van der Waals surface area contributed by atoms with E-state index in [0.717, 1.165) is 5.52 Å². The van der Waals surface area contributed by atoms with Crippen molar-refractivity contribution in [3.63, 3.8) is 0 Å². The quantitative estimate of drug-likeness (QED) is 0.140. The van der Waals surface area contributed by atoms with Crippen LogP contribution in [0.5, 0.6) is 0 Å². The van der Waals surface area contributed by atoms with Crippen molar-refractivity contribution < 1.29 is 0 Å². The van der Waals surface area contributed by atoms with Crippen molar-refractivity contribution in [3.8, 4) is 0 Å². The molecule has 0 aliphatic heterocycles. The van der Waals surface area contributed by atoms with E-state index in [1.165, 1.54) is 77.6 Å². The van der Waals surface area contributed by atoms with E-state index in [4.69, 9.17) is 0 Å². The number of hydrogen-bond acceptors (Lipinski definition) is 1. The fourth-order valence-electron chi connectivity index (χ4n) is 7.18. The Bertz CT molecular complexity index is 2300. The van der Waals surface area contributed by atoms with Crippen LogP contribution in [0.3, 0.4) is 0 Å². The maximum Gasteiger partial charge on any atom is 0.0923 e. The van der Waals surface area contributed by atoms with Gasteiger partial charge in [0.15, 0.2) is 0 Å². The third kappa shape index (κ3) is 15.4. The molecule has 0 fully saturated rings. The molecule has 5 nitrogen and oxygen atoms in total. The molecule has 61 heavy (non-hydrogen) atoms. The lowest BCUT2D eigenvalue weighted by Crippen LogP contribution is -1.88. The van der Waals surface area contributed by atoms with Crippen LogP contribution in [0.15, 0.2) is 97.1 Å². The topological polar surface area (TPSA) is 76.0 Å². The van der Waals surface area contributed by atoms with Crippen LogP contribution in [0, 0.1) is 20.8 Å². The summed E-state index contributed by atoms with van der Waals surface area (Å²) in [6, 6.07) is 33.7. The average Bonchev–Trinajstić information content (AvgIpc) is 4.03. The summed E-state index contributed by atoms with van der Waals surface area (Å²) in [5.74, 6) is 2.25. The number of benzene rings is 4. The van der Waals surface area contributed by atoms with Gasteiger partial charge in [0.1, 0.15) is 0 Å². The van der Waals surface area contributed by atoms with Gasteiger partial charge in [0.25, 0.3) is 0 Å². The zero-order chi connectivity index (χ0) is 44.8. The van der Waals surface area contributed by atoms with Crippen LogP contribution < -0.4 is 0 Å². The summed E-state index contributed by atoms with van der Waals surface area (Å²) in [6.45, 7) is 40.2. The van der Waals surface area contributed by atoms with E-state index in [9.17, 15) is 0 Å². The van der Waals surface area contributed by atoms with Gasteiger partial charge in [-0.25, -0.2) is 0 Å². The van der Waals surface area contributed by atoms with Gasteiger partial charge < -0.3 is 15.0 Å². The maximum absolute atomic E-state index is 4.21. The van der Waals surface area contributed by atoms with Gasteiger partial charge in [0, 0.05) is 66.4 Å². The Balaban J connectivity index is 0. The lowest BCUT2D eigenvalue weighted by Gasteiger charge is -2.04. The van der Waals surface area contributed by atoms with Gasteiger partial charge in [0.05, 0.1) is 5.52 Å². The molecule has 0 atom stereocenters. The zero-order valence-corrected chi connectivity index (χ0v) is 40.5. The number of nitrogens with one attached hydrogen (secondary N) is 4. The number of hydrogen-bond donors (Lipinski definition) is 4. The molecule has 0 aliphatic rings. The molecule has 4 aromatic heterocycles. The van der Waals surface area contributed by atoms with E-state index in [0.29, 0.717) is 23.7 Å². The largest absolute Gasteiger partial charge is 0.361 e. The number of fused-ring (bicyclic) bond motifs is 4. The van der Waals surface area contributed by atoms with Gasteiger partial charge in [0.2, 0.25) is 0 Å². The highest BCUT2D eigenvalue weighted by Gasteiger charge is 2.12. The Hall–Kier alpha value is -5.03. The van der Waals surface area contributed by atoms with Gasteiger partial charge in [-0.15, -0.1) is 0 Å². The molecule has 0 saturated heterocycles. The van der Waals surface area contributed by atoms with Crippen LogP contribution in [0.2, 0.25) is 0 Å². The number of rotatable bonds is 4. The lowest BCUT2D eigenvalue weighted by atomic mass is 10.00. The summed E-state index contributed by atoms with van der Waals surface area (Å²) in [5, 5.41) is 14.0. The molecule has 0 spiro atoms. The highest BCUT2D eigenvalue weighted by molar-refractivity contribution is 5.88. The van der Waals surface area contributed by atoms with Crippen LogP contribution in [0.1, 0.15) is 189 Å². The molecule has 0 radical (unpaired) electrons. The zero-order valence-electron chi connectivity index (χ0n) is 40.5. The molecule has 8 aromatic rings. The van der Waals surface area contributed by atoms with Crippen LogP contribution in [0.25, 0.3) is 43.5 Å². The van der Waals surface area contributed by atoms with Gasteiger partial charge in [-0.2, -0.15) is 5.10 Å². The Morgan fingerprint density at radius 3 is 1.26 bits per heavy atom. The second kappa shape index (κ2) is 30.1. The first-order valence-corrected chi connectivity index (χ1v) is 22.5. The summed E-state index contributed by atoms with van der Waals surface area (Å²) in [4.78, 5) is 10.3. The number of aromatic nitrogens is 5. The molecular weight excluding hydrogens is 743 g/mol. The summed E-state index contributed by atoms with van der Waals surface area (Å²) in [5.41, 5.74) is 12.9. The summed E-state index contributed by atoms with van der Waals surface area (Å²) >= 11 is 0. The van der Waals surface area contributed by atoms with Crippen molar-refractivity contribution >= 4 is 43.5 Å². The molecule has 0 unspecified atom stereocenters. The fourth-order valence-corrected chi connectivity index (χ4v) is 7.18. The molecule has 0 aliphatic carbocycles. The standard InChI is InChI=1S/3C12H15N.C10H12N2.4C2H6.2CH4/c1-8(2)12-9(3)13-11-7-5-4-6-10(11)12;1-8(2)12-11-7-5-4-6-10(11)9(3)13-12;1-8(2)12-9(3)10-6-4-5-7-11(10)13-12;1-7(2)10-8-5-3-4-6-9(8)11-12-10;4*1-2;;/h3*4-8,13H,1-3H3;3-7H,1-2H3,(H,11,12);4*1-2H3;2*1H4. The first-order chi connectivity index (χ1) is 28.4. The highest BCUT2D eigenvalue weighted by atomic mass is 15.1. The number of nitrogens with zero attached hydrogens (tertiary/aromatic N) is 1. The van der Waals surface area contributed by atoms with E-state index in [1.807, 2.05) is 73.6 Å².